The van der Waals surface area contributed by atoms with Crippen LogP contribution in [0.5, 0.6) is 0 Å². The summed E-state index contributed by atoms with van der Waals surface area (Å²) in [5.41, 5.74) is 1.92. The molecule has 1 amide bonds. The van der Waals surface area contributed by atoms with Crippen LogP contribution in [-0.4, -0.2) is 35.2 Å². The zero-order valence-corrected chi connectivity index (χ0v) is 14.0. The number of rotatable bonds is 5. The lowest BCUT2D eigenvalue weighted by molar-refractivity contribution is -0.143. The van der Waals surface area contributed by atoms with Gasteiger partial charge in [0.1, 0.15) is 6.04 Å². The van der Waals surface area contributed by atoms with Crippen molar-refractivity contribution in [2.45, 2.75) is 40.2 Å². The van der Waals surface area contributed by atoms with Crippen molar-refractivity contribution in [3.8, 4) is 0 Å². The SMILES string of the molecule is COC(=O)[C@H](CC(C)C)NC(=O)c1cc(C)nc2onc(C)c12. The molecule has 0 saturated heterocycles. The van der Waals surface area contributed by atoms with E-state index in [-0.39, 0.29) is 11.8 Å². The number of carbonyl (C=O) groups excluding carboxylic acids is 2. The molecule has 0 radical (unpaired) electrons. The number of amides is 1. The average molecular weight is 319 g/mol. The minimum absolute atomic E-state index is 0.232. The van der Waals surface area contributed by atoms with Gasteiger partial charge >= 0.3 is 5.97 Å². The van der Waals surface area contributed by atoms with Gasteiger partial charge in [-0.05, 0) is 32.3 Å². The fraction of sp³-hybridized carbons (Fsp3) is 0.500. The number of aryl methyl sites for hydroxylation is 2. The Bertz CT molecular complexity index is 736. The molecule has 1 N–H and O–H groups in total. The van der Waals surface area contributed by atoms with Crippen LogP contribution in [0, 0.1) is 19.8 Å². The topological polar surface area (TPSA) is 94.3 Å². The summed E-state index contributed by atoms with van der Waals surface area (Å²) in [5, 5.41) is 7.15. The molecule has 0 aromatic carbocycles. The summed E-state index contributed by atoms with van der Waals surface area (Å²) in [5.74, 6) is -0.602. The van der Waals surface area contributed by atoms with E-state index in [2.05, 4.69) is 15.5 Å². The second kappa shape index (κ2) is 6.76. The number of ether oxygens (including phenoxy) is 1. The first-order chi connectivity index (χ1) is 10.8. The van der Waals surface area contributed by atoms with Gasteiger partial charge in [-0.1, -0.05) is 19.0 Å². The first-order valence-corrected chi connectivity index (χ1v) is 7.45. The van der Waals surface area contributed by atoms with Gasteiger partial charge in [0.2, 0.25) is 0 Å². The third-order valence-electron chi connectivity index (χ3n) is 3.49. The van der Waals surface area contributed by atoms with E-state index in [4.69, 9.17) is 9.26 Å². The van der Waals surface area contributed by atoms with Gasteiger partial charge in [-0.3, -0.25) is 4.79 Å². The molecule has 7 nitrogen and oxygen atoms in total. The monoisotopic (exact) mass is 319 g/mol. The maximum atomic E-state index is 12.7. The number of carbonyl (C=O) groups is 2. The molecule has 0 spiro atoms. The highest BCUT2D eigenvalue weighted by atomic mass is 16.5. The number of fused-ring (bicyclic) bond motifs is 1. The van der Waals surface area contributed by atoms with Crippen molar-refractivity contribution in [3.05, 3.63) is 23.0 Å². The Kier molecular flexibility index (Phi) is 4.98. The van der Waals surface area contributed by atoms with Crippen molar-refractivity contribution in [2.75, 3.05) is 7.11 Å². The summed E-state index contributed by atoms with van der Waals surface area (Å²) in [6, 6.07) is 0.960. The van der Waals surface area contributed by atoms with Gasteiger partial charge in [-0.2, -0.15) is 0 Å². The quantitative estimate of drug-likeness (QED) is 0.849. The number of hydrogen-bond acceptors (Lipinski definition) is 6. The average Bonchev–Trinajstić information content (AvgIpc) is 2.85. The zero-order chi connectivity index (χ0) is 17.1. The number of aromatic nitrogens is 2. The van der Waals surface area contributed by atoms with Gasteiger partial charge < -0.3 is 14.6 Å². The van der Waals surface area contributed by atoms with Crippen LogP contribution in [0.15, 0.2) is 10.6 Å². The molecule has 0 fully saturated rings. The van der Waals surface area contributed by atoms with Gasteiger partial charge in [0.15, 0.2) is 0 Å². The third kappa shape index (κ3) is 3.67. The molecule has 0 aliphatic heterocycles. The van der Waals surface area contributed by atoms with Crippen LogP contribution in [0.3, 0.4) is 0 Å². The lowest BCUT2D eigenvalue weighted by Gasteiger charge is -2.18. The standard InChI is InChI=1S/C16H21N3O4/c1-8(2)6-12(16(21)22-5)18-14(20)11-7-9(3)17-15-13(11)10(4)19-23-15/h7-8,12H,6H2,1-5H3,(H,18,20)/t12-/m0/s1. The van der Waals surface area contributed by atoms with E-state index in [1.807, 2.05) is 13.8 Å². The first kappa shape index (κ1) is 16.9. The smallest absolute Gasteiger partial charge is 0.328 e. The summed E-state index contributed by atoms with van der Waals surface area (Å²) in [4.78, 5) is 28.8. The number of esters is 1. The Hall–Kier alpha value is -2.44. The lowest BCUT2D eigenvalue weighted by atomic mass is 10.0. The predicted octanol–water partition coefficient (Wildman–Crippen LogP) is 2.16. The van der Waals surface area contributed by atoms with E-state index < -0.39 is 12.0 Å². The Labute approximate surface area is 134 Å². The molecule has 0 aliphatic carbocycles. The largest absolute Gasteiger partial charge is 0.467 e. The fourth-order valence-electron chi connectivity index (χ4n) is 2.46. The molecular weight excluding hydrogens is 298 g/mol. The Morgan fingerprint density at radius 3 is 2.65 bits per heavy atom. The molecule has 0 saturated carbocycles. The highest BCUT2D eigenvalue weighted by molar-refractivity contribution is 6.07. The highest BCUT2D eigenvalue weighted by Crippen LogP contribution is 2.22. The van der Waals surface area contributed by atoms with E-state index in [1.165, 1.54) is 7.11 Å². The van der Waals surface area contributed by atoms with Crippen LogP contribution in [0.25, 0.3) is 11.1 Å². The Balaban J connectivity index is 2.35. The fourth-order valence-corrected chi connectivity index (χ4v) is 2.46. The van der Waals surface area contributed by atoms with Gasteiger partial charge in [0.05, 0.1) is 23.8 Å². The van der Waals surface area contributed by atoms with Crippen molar-refractivity contribution in [1.29, 1.82) is 0 Å². The summed E-state index contributed by atoms with van der Waals surface area (Å²) in [6.45, 7) is 7.45. The van der Waals surface area contributed by atoms with Crippen LogP contribution < -0.4 is 5.32 Å². The third-order valence-corrected chi connectivity index (χ3v) is 3.49. The molecule has 7 heteroatoms. The first-order valence-electron chi connectivity index (χ1n) is 7.45. The molecule has 0 unspecified atom stereocenters. The van der Waals surface area contributed by atoms with Crippen LogP contribution in [0.1, 0.15) is 42.0 Å². The van der Waals surface area contributed by atoms with Gasteiger partial charge in [0, 0.05) is 5.69 Å². The van der Waals surface area contributed by atoms with E-state index in [9.17, 15) is 9.59 Å². The molecule has 23 heavy (non-hydrogen) atoms. The van der Waals surface area contributed by atoms with Gasteiger partial charge in [-0.15, -0.1) is 0 Å². The molecule has 0 aliphatic rings. The second-order valence-corrected chi connectivity index (χ2v) is 5.94. The van der Waals surface area contributed by atoms with E-state index >= 15 is 0 Å². The molecular formula is C16H21N3O4. The highest BCUT2D eigenvalue weighted by Gasteiger charge is 2.25. The van der Waals surface area contributed by atoms with Crippen molar-refractivity contribution in [2.24, 2.45) is 5.92 Å². The minimum atomic E-state index is -0.698. The molecule has 2 aromatic heterocycles. The second-order valence-electron chi connectivity index (χ2n) is 5.94. The molecule has 2 aromatic rings. The Morgan fingerprint density at radius 2 is 2.04 bits per heavy atom. The summed E-state index contributed by atoms with van der Waals surface area (Å²) < 4.78 is 9.90. The zero-order valence-electron chi connectivity index (χ0n) is 14.0. The summed E-state index contributed by atoms with van der Waals surface area (Å²) >= 11 is 0. The van der Waals surface area contributed by atoms with Crippen molar-refractivity contribution >= 4 is 23.0 Å². The number of methoxy groups -OCH3 is 1. The summed E-state index contributed by atoms with van der Waals surface area (Å²) in [7, 11) is 1.31. The molecule has 124 valence electrons. The number of pyridine rings is 1. The van der Waals surface area contributed by atoms with E-state index in [0.717, 1.165) is 0 Å². The van der Waals surface area contributed by atoms with Crippen molar-refractivity contribution < 1.29 is 18.8 Å². The maximum Gasteiger partial charge on any atom is 0.328 e. The van der Waals surface area contributed by atoms with Gasteiger partial charge in [-0.25, -0.2) is 9.78 Å². The van der Waals surface area contributed by atoms with Crippen molar-refractivity contribution in [1.82, 2.24) is 15.5 Å². The van der Waals surface area contributed by atoms with Crippen molar-refractivity contribution in [3.63, 3.8) is 0 Å². The number of nitrogens with zero attached hydrogens (tertiary/aromatic N) is 2. The van der Waals surface area contributed by atoms with Crippen LogP contribution >= 0.6 is 0 Å². The number of nitrogens with one attached hydrogen (secondary N) is 1. The molecule has 1 atom stereocenters. The van der Waals surface area contributed by atoms with Gasteiger partial charge in [0.25, 0.3) is 11.6 Å². The molecule has 2 heterocycles. The lowest BCUT2D eigenvalue weighted by Crippen LogP contribution is -2.42. The van der Waals surface area contributed by atoms with E-state index in [1.54, 1.807) is 19.9 Å². The summed E-state index contributed by atoms with van der Waals surface area (Å²) in [6.07, 6.45) is 0.494. The van der Waals surface area contributed by atoms with Crippen LogP contribution in [0.4, 0.5) is 0 Å². The maximum absolute atomic E-state index is 12.7. The van der Waals surface area contributed by atoms with E-state index in [0.29, 0.717) is 34.5 Å². The minimum Gasteiger partial charge on any atom is -0.467 e. The number of hydrogen-bond donors (Lipinski definition) is 1. The van der Waals surface area contributed by atoms with Crippen LogP contribution in [-0.2, 0) is 9.53 Å². The molecule has 0 bridgehead atoms. The predicted molar refractivity (Wildman–Crippen MR) is 84.0 cm³/mol. The molecule has 2 rings (SSSR count). The normalized spacial score (nSPS) is 12.4. The Morgan fingerprint density at radius 1 is 1.35 bits per heavy atom. The van der Waals surface area contributed by atoms with Crippen LogP contribution in [0.2, 0.25) is 0 Å².